The third-order valence-corrected chi connectivity index (χ3v) is 3.64. The van der Waals surface area contributed by atoms with Crippen LogP contribution in [-0.4, -0.2) is 24.5 Å². The van der Waals surface area contributed by atoms with Crippen LogP contribution in [0.2, 0.25) is 0 Å². The van der Waals surface area contributed by atoms with Crippen molar-refractivity contribution in [3.8, 4) is 0 Å². The summed E-state index contributed by atoms with van der Waals surface area (Å²) in [5.41, 5.74) is 7.65. The Morgan fingerprint density at radius 3 is 2.28 bits per heavy atom. The van der Waals surface area contributed by atoms with Gasteiger partial charge in [0.25, 0.3) is 0 Å². The normalized spacial score (nSPS) is 15.1. The van der Waals surface area contributed by atoms with Crippen molar-refractivity contribution in [2.45, 2.75) is 45.7 Å². The smallest absolute Gasteiger partial charge is 0.0452 e. The molecule has 102 valence electrons. The zero-order valence-corrected chi connectivity index (χ0v) is 12.3. The van der Waals surface area contributed by atoms with Gasteiger partial charge in [0, 0.05) is 12.1 Å². The molecule has 1 aromatic carbocycles. The van der Waals surface area contributed by atoms with Gasteiger partial charge in [-0.3, -0.25) is 0 Å². The molecule has 0 aliphatic heterocycles. The van der Waals surface area contributed by atoms with Gasteiger partial charge >= 0.3 is 0 Å². The number of nitrogens with zero attached hydrogens (tertiary/aromatic N) is 1. The van der Waals surface area contributed by atoms with E-state index in [0.717, 1.165) is 18.9 Å². The molecule has 1 aromatic rings. The van der Waals surface area contributed by atoms with Crippen LogP contribution < -0.4 is 5.73 Å². The minimum Gasteiger partial charge on any atom is -0.323 e. The topological polar surface area (TPSA) is 29.3 Å². The lowest BCUT2D eigenvalue weighted by atomic mass is 9.96. The Morgan fingerprint density at radius 2 is 1.78 bits per heavy atom. The Morgan fingerprint density at radius 1 is 1.17 bits per heavy atom. The van der Waals surface area contributed by atoms with Crippen molar-refractivity contribution in [2.75, 3.05) is 13.6 Å². The van der Waals surface area contributed by atoms with E-state index in [0.29, 0.717) is 6.04 Å². The molecular formula is C16H28N2. The largest absolute Gasteiger partial charge is 0.323 e. The second-order valence-electron chi connectivity index (χ2n) is 5.58. The minimum absolute atomic E-state index is 0.105. The molecule has 0 amide bonds. The fourth-order valence-corrected chi connectivity index (χ4v) is 2.36. The first-order valence-electron chi connectivity index (χ1n) is 7.07. The van der Waals surface area contributed by atoms with Crippen molar-refractivity contribution < 1.29 is 0 Å². The van der Waals surface area contributed by atoms with Crippen LogP contribution in [0.15, 0.2) is 30.3 Å². The van der Waals surface area contributed by atoms with Gasteiger partial charge in [-0.15, -0.1) is 0 Å². The van der Waals surface area contributed by atoms with Crippen molar-refractivity contribution in [1.29, 1.82) is 0 Å². The molecular weight excluding hydrogens is 220 g/mol. The van der Waals surface area contributed by atoms with Crippen molar-refractivity contribution in [3.05, 3.63) is 35.9 Å². The molecule has 0 aliphatic rings. The van der Waals surface area contributed by atoms with E-state index < -0.39 is 0 Å². The van der Waals surface area contributed by atoms with E-state index in [1.54, 1.807) is 0 Å². The molecule has 0 saturated carbocycles. The average Bonchev–Trinajstić information content (AvgIpc) is 2.38. The summed E-state index contributed by atoms with van der Waals surface area (Å²) in [6.45, 7) is 7.88. The second kappa shape index (κ2) is 7.55. The molecule has 2 unspecified atom stereocenters. The zero-order valence-electron chi connectivity index (χ0n) is 12.3. The molecule has 1 rings (SSSR count). The summed E-state index contributed by atoms with van der Waals surface area (Å²) in [4.78, 5) is 2.41. The van der Waals surface area contributed by atoms with E-state index in [1.165, 1.54) is 12.0 Å². The molecule has 2 nitrogen and oxygen atoms in total. The Kier molecular flexibility index (Phi) is 6.37. The van der Waals surface area contributed by atoms with Crippen LogP contribution >= 0.6 is 0 Å². The van der Waals surface area contributed by atoms with Crippen molar-refractivity contribution in [2.24, 2.45) is 11.7 Å². The fourth-order valence-electron chi connectivity index (χ4n) is 2.36. The third kappa shape index (κ3) is 4.43. The summed E-state index contributed by atoms with van der Waals surface area (Å²) in [5, 5.41) is 0. The average molecular weight is 248 g/mol. The minimum atomic E-state index is 0.105. The predicted molar refractivity (Wildman–Crippen MR) is 79.5 cm³/mol. The Balaban J connectivity index is 2.65. The fraction of sp³-hybridized carbons (Fsp3) is 0.625. The van der Waals surface area contributed by atoms with Crippen molar-refractivity contribution in [1.82, 2.24) is 4.90 Å². The molecule has 0 saturated heterocycles. The van der Waals surface area contributed by atoms with Gasteiger partial charge in [0.1, 0.15) is 0 Å². The van der Waals surface area contributed by atoms with Crippen LogP contribution in [-0.2, 0) is 0 Å². The van der Waals surface area contributed by atoms with Gasteiger partial charge in [-0.2, -0.15) is 0 Å². The summed E-state index contributed by atoms with van der Waals surface area (Å²) >= 11 is 0. The molecule has 0 heterocycles. The molecule has 0 radical (unpaired) electrons. The molecule has 18 heavy (non-hydrogen) atoms. The number of hydrogen-bond donors (Lipinski definition) is 1. The summed E-state index contributed by atoms with van der Waals surface area (Å²) in [6, 6.07) is 11.0. The van der Waals surface area contributed by atoms with Crippen molar-refractivity contribution >= 4 is 0 Å². The second-order valence-corrected chi connectivity index (χ2v) is 5.58. The summed E-state index contributed by atoms with van der Waals surface area (Å²) in [7, 11) is 2.19. The van der Waals surface area contributed by atoms with Crippen LogP contribution in [0.25, 0.3) is 0 Å². The first-order chi connectivity index (χ1) is 8.56. The molecule has 0 bridgehead atoms. The van der Waals surface area contributed by atoms with Gasteiger partial charge in [0.05, 0.1) is 0 Å². The number of likely N-dealkylation sites (N-methyl/N-ethyl adjacent to an activating group) is 1. The van der Waals surface area contributed by atoms with E-state index in [2.05, 4.69) is 57.0 Å². The number of rotatable bonds is 7. The summed E-state index contributed by atoms with van der Waals surface area (Å²) in [5.74, 6) is 0.748. The van der Waals surface area contributed by atoms with Crippen molar-refractivity contribution in [3.63, 3.8) is 0 Å². The molecule has 2 heteroatoms. The van der Waals surface area contributed by atoms with E-state index in [1.807, 2.05) is 6.07 Å². The molecule has 2 atom stereocenters. The van der Waals surface area contributed by atoms with E-state index >= 15 is 0 Å². The summed E-state index contributed by atoms with van der Waals surface area (Å²) < 4.78 is 0. The van der Waals surface area contributed by atoms with E-state index in [-0.39, 0.29) is 6.04 Å². The van der Waals surface area contributed by atoms with Gasteiger partial charge in [-0.25, -0.2) is 0 Å². The standard InChI is InChI=1S/C16H28N2/c1-5-15(18(4)12-11-13(2)3)16(17)14-9-7-6-8-10-14/h6-10,13,15-16H,5,11-12,17H2,1-4H3. The number of hydrogen-bond acceptors (Lipinski definition) is 2. The van der Waals surface area contributed by atoms with Gasteiger partial charge in [-0.05, 0) is 37.9 Å². The van der Waals surface area contributed by atoms with Crippen LogP contribution in [0.5, 0.6) is 0 Å². The molecule has 0 aromatic heterocycles. The Labute approximate surface area is 112 Å². The number of nitrogens with two attached hydrogens (primary N) is 1. The maximum atomic E-state index is 6.42. The van der Waals surface area contributed by atoms with Crippen LogP contribution in [0.4, 0.5) is 0 Å². The van der Waals surface area contributed by atoms with E-state index in [4.69, 9.17) is 5.73 Å². The van der Waals surface area contributed by atoms with Crippen LogP contribution in [0, 0.1) is 5.92 Å². The maximum absolute atomic E-state index is 6.42. The zero-order chi connectivity index (χ0) is 13.5. The van der Waals surface area contributed by atoms with Crippen LogP contribution in [0.1, 0.15) is 45.2 Å². The predicted octanol–water partition coefficient (Wildman–Crippen LogP) is 3.44. The highest BCUT2D eigenvalue weighted by Gasteiger charge is 2.21. The third-order valence-electron chi connectivity index (χ3n) is 3.64. The first kappa shape index (κ1) is 15.2. The van der Waals surface area contributed by atoms with Gasteiger partial charge in [0.2, 0.25) is 0 Å². The first-order valence-corrected chi connectivity index (χ1v) is 7.07. The lowest BCUT2D eigenvalue weighted by Gasteiger charge is -2.32. The Bertz CT molecular complexity index is 321. The summed E-state index contributed by atoms with van der Waals surface area (Å²) in [6.07, 6.45) is 2.32. The highest BCUT2D eigenvalue weighted by Crippen LogP contribution is 2.20. The number of benzene rings is 1. The Hall–Kier alpha value is -0.860. The lowest BCUT2D eigenvalue weighted by molar-refractivity contribution is 0.195. The van der Waals surface area contributed by atoms with Gasteiger partial charge in [0.15, 0.2) is 0 Å². The highest BCUT2D eigenvalue weighted by molar-refractivity contribution is 5.20. The molecule has 0 aliphatic carbocycles. The molecule has 0 fully saturated rings. The van der Waals surface area contributed by atoms with E-state index in [9.17, 15) is 0 Å². The SMILES string of the molecule is CCC(C(N)c1ccccc1)N(C)CCC(C)C. The quantitative estimate of drug-likeness (QED) is 0.801. The molecule has 2 N–H and O–H groups in total. The maximum Gasteiger partial charge on any atom is 0.0452 e. The monoisotopic (exact) mass is 248 g/mol. The van der Waals surface area contributed by atoms with Crippen LogP contribution in [0.3, 0.4) is 0 Å². The highest BCUT2D eigenvalue weighted by atomic mass is 15.1. The lowest BCUT2D eigenvalue weighted by Crippen LogP contribution is -2.40. The molecule has 0 spiro atoms. The van der Waals surface area contributed by atoms with Gasteiger partial charge < -0.3 is 10.6 Å². The van der Waals surface area contributed by atoms with Gasteiger partial charge in [-0.1, -0.05) is 51.1 Å².